The van der Waals surface area contributed by atoms with Crippen LogP contribution in [0.3, 0.4) is 0 Å². The fourth-order valence-electron chi connectivity index (χ4n) is 5.64. The summed E-state index contributed by atoms with van der Waals surface area (Å²) in [7, 11) is 0. The maximum Gasteiger partial charge on any atom is 0.273 e. The largest absolute Gasteiger partial charge is 0.376 e. The summed E-state index contributed by atoms with van der Waals surface area (Å²) >= 11 is 0. The molecule has 0 bridgehead atoms. The van der Waals surface area contributed by atoms with Crippen molar-refractivity contribution in [3.63, 3.8) is 0 Å². The van der Waals surface area contributed by atoms with Gasteiger partial charge >= 0.3 is 0 Å². The lowest BCUT2D eigenvalue weighted by Crippen LogP contribution is -2.66. The van der Waals surface area contributed by atoms with E-state index in [1.54, 1.807) is 22.5 Å². The smallest absolute Gasteiger partial charge is 0.273 e. The van der Waals surface area contributed by atoms with Gasteiger partial charge in [0.05, 0.1) is 23.9 Å². The summed E-state index contributed by atoms with van der Waals surface area (Å²) < 4.78 is 21.7. The van der Waals surface area contributed by atoms with Crippen LogP contribution in [0, 0.1) is 5.82 Å². The van der Waals surface area contributed by atoms with Crippen LogP contribution in [0.15, 0.2) is 18.2 Å². The molecular formula is C25H31FN4O4. The topological polar surface area (TPSA) is 92.7 Å². The lowest BCUT2D eigenvalue weighted by molar-refractivity contribution is -0.134. The average Bonchev–Trinajstić information content (AvgIpc) is 3.53. The number of carbonyl (C=O) groups excluding carboxylic acids is 3. The molecule has 2 aliphatic heterocycles. The highest BCUT2D eigenvalue weighted by Crippen LogP contribution is 2.39. The molecular weight excluding hydrogens is 439 g/mol. The number of hydrogen-bond donors (Lipinski definition) is 2. The Morgan fingerprint density at radius 2 is 1.97 bits per heavy atom. The van der Waals surface area contributed by atoms with Crippen LogP contribution in [0.4, 0.5) is 10.1 Å². The molecule has 3 aliphatic rings. The number of nitrogens with zero attached hydrogens (tertiary/aromatic N) is 2. The van der Waals surface area contributed by atoms with Crippen LogP contribution in [0.5, 0.6) is 0 Å². The van der Waals surface area contributed by atoms with Crippen LogP contribution in [0.2, 0.25) is 0 Å². The Kier molecular flexibility index (Phi) is 5.83. The third-order valence-corrected chi connectivity index (χ3v) is 7.43. The van der Waals surface area contributed by atoms with Crippen LogP contribution in [-0.2, 0) is 20.9 Å². The monoisotopic (exact) mass is 470 g/mol. The second kappa shape index (κ2) is 8.69. The van der Waals surface area contributed by atoms with Gasteiger partial charge in [-0.3, -0.25) is 14.4 Å². The van der Waals surface area contributed by atoms with Crippen molar-refractivity contribution >= 4 is 34.3 Å². The predicted octanol–water partition coefficient (Wildman–Crippen LogP) is 3.19. The van der Waals surface area contributed by atoms with Gasteiger partial charge in [-0.05, 0) is 50.8 Å². The molecule has 1 aliphatic carbocycles. The lowest BCUT2D eigenvalue weighted by Gasteiger charge is -2.45. The van der Waals surface area contributed by atoms with E-state index in [2.05, 4.69) is 10.6 Å². The van der Waals surface area contributed by atoms with E-state index in [-0.39, 0.29) is 54.3 Å². The van der Waals surface area contributed by atoms with Crippen molar-refractivity contribution in [3.05, 3.63) is 29.7 Å². The molecule has 0 radical (unpaired) electrons. The molecule has 8 nitrogen and oxygen atoms in total. The van der Waals surface area contributed by atoms with E-state index < -0.39 is 11.4 Å². The van der Waals surface area contributed by atoms with Gasteiger partial charge in [-0.1, -0.05) is 12.8 Å². The Balaban J connectivity index is 1.62. The van der Waals surface area contributed by atoms with Crippen LogP contribution in [0.25, 0.3) is 10.9 Å². The zero-order chi connectivity index (χ0) is 24.0. The molecule has 0 spiro atoms. The normalized spacial score (nSPS) is 25.1. The number of carbonyl (C=O) groups is 3. The van der Waals surface area contributed by atoms with Crippen LogP contribution < -0.4 is 10.6 Å². The standard InChI is InChI=1S/C25H31FN4O4/c1-15(31)27-21-19-12-16(26)9-10-20(19)29-14-25(2,24(33)28-17-6-3-4-7-17)30(23(32)22(21)29)13-18-8-5-11-34-18/h9-10,12,17-18H,3-8,11,13-14H2,1-2H3,(H,27,31)(H,28,33)/t18-,25-/m1/s1. The van der Waals surface area contributed by atoms with E-state index >= 15 is 0 Å². The summed E-state index contributed by atoms with van der Waals surface area (Å²) in [5, 5.41) is 6.35. The summed E-state index contributed by atoms with van der Waals surface area (Å²) in [6, 6.07) is 4.35. The van der Waals surface area contributed by atoms with Gasteiger partial charge in [-0.15, -0.1) is 0 Å². The van der Waals surface area contributed by atoms with E-state index in [4.69, 9.17) is 4.74 Å². The van der Waals surface area contributed by atoms with Gasteiger partial charge in [-0.2, -0.15) is 0 Å². The van der Waals surface area contributed by atoms with E-state index in [9.17, 15) is 18.8 Å². The Hall–Kier alpha value is -2.94. The molecule has 2 N–H and O–H groups in total. The number of anilines is 1. The number of hydrogen-bond acceptors (Lipinski definition) is 4. The van der Waals surface area contributed by atoms with E-state index in [1.807, 2.05) is 0 Å². The third-order valence-electron chi connectivity index (χ3n) is 7.43. The molecule has 182 valence electrons. The van der Waals surface area contributed by atoms with Crippen molar-refractivity contribution in [2.45, 2.75) is 76.6 Å². The third kappa shape index (κ3) is 3.85. The molecule has 0 unspecified atom stereocenters. The number of aromatic nitrogens is 1. The van der Waals surface area contributed by atoms with Crippen molar-refractivity contribution in [1.82, 2.24) is 14.8 Å². The van der Waals surface area contributed by atoms with Crippen LogP contribution in [0.1, 0.15) is 62.9 Å². The van der Waals surface area contributed by atoms with Gasteiger partial charge in [0.15, 0.2) is 0 Å². The molecule has 2 atom stereocenters. The molecule has 2 aromatic rings. The Labute approximate surface area is 197 Å². The minimum Gasteiger partial charge on any atom is -0.376 e. The molecule has 1 aromatic carbocycles. The molecule has 9 heteroatoms. The molecule has 3 amide bonds. The van der Waals surface area contributed by atoms with E-state index in [0.29, 0.717) is 17.5 Å². The molecule has 2 fully saturated rings. The maximum absolute atomic E-state index is 14.2. The predicted molar refractivity (Wildman–Crippen MR) is 125 cm³/mol. The van der Waals surface area contributed by atoms with Crippen LogP contribution in [-0.4, -0.2) is 58.0 Å². The van der Waals surface area contributed by atoms with Crippen molar-refractivity contribution in [3.8, 4) is 0 Å². The van der Waals surface area contributed by atoms with Crippen molar-refractivity contribution in [1.29, 1.82) is 0 Å². The van der Waals surface area contributed by atoms with E-state index in [0.717, 1.165) is 38.5 Å². The number of halogens is 1. The fraction of sp³-hybridized carbons (Fsp3) is 0.560. The molecule has 1 saturated heterocycles. The van der Waals surface area contributed by atoms with Crippen molar-refractivity contribution < 1.29 is 23.5 Å². The van der Waals surface area contributed by atoms with Crippen LogP contribution >= 0.6 is 0 Å². The number of fused-ring (bicyclic) bond motifs is 3. The zero-order valence-corrected chi connectivity index (χ0v) is 19.7. The van der Waals surface area contributed by atoms with Gasteiger partial charge in [-0.25, -0.2) is 4.39 Å². The number of benzene rings is 1. The van der Waals surface area contributed by atoms with Gasteiger partial charge in [0.2, 0.25) is 11.8 Å². The number of amides is 3. The number of rotatable bonds is 5. The van der Waals surface area contributed by atoms with Gasteiger partial charge in [0.25, 0.3) is 5.91 Å². The van der Waals surface area contributed by atoms with Gasteiger partial charge < -0.3 is 24.8 Å². The quantitative estimate of drug-likeness (QED) is 0.702. The van der Waals surface area contributed by atoms with Gasteiger partial charge in [0.1, 0.15) is 17.1 Å². The summed E-state index contributed by atoms with van der Waals surface area (Å²) in [6.07, 6.45) is 5.61. The van der Waals surface area contributed by atoms with Crippen molar-refractivity contribution in [2.75, 3.05) is 18.5 Å². The molecule has 1 saturated carbocycles. The fourth-order valence-corrected chi connectivity index (χ4v) is 5.64. The first-order chi connectivity index (χ1) is 16.3. The Morgan fingerprint density at radius 3 is 2.65 bits per heavy atom. The Bertz CT molecular complexity index is 1150. The first kappa shape index (κ1) is 22.8. The Morgan fingerprint density at radius 1 is 1.21 bits per heavy atom. The highest BCUT2D eigenvalue weighted by molar-refractivity contribution is 6.14. The summed E-state index contributed by atoms with van der Waals surface area (Å²) in [6.45, 7) is 4.25. The summed E-state index contributed by atoms with van der Waals surface area (Å²) in [5.74, 6) is -1.38. The summed E-state index contributed by atoms with van der Waals surface area (Å²) in [5.41, 5.74) is -0.0143. The molecule has 3 heterocycles. The second-order valence-corrected chi connectivity index (χ2v) is 9.93. The highest BCUT2D eigenvalue weighted by Gasteiger charge is 2.50. The lowest BCUT2D eigenvalue weighted by atomic mass is 9.93. The van der Waals surface area contributed by atoms with Crippen molar-refractivity contribution in [2.24, 2.45) is 0 Å². The minimum absolute atomic E-state index is 0.107. The minimum atomic E-state index is -1.16. The second-order valence-electron chi connectivity index (χ2n) is 9.93. The first-order valence-electron chi connectivity index (χ1n) is 12.1. The number of ether oxygens (including phenoxy) is 1. The zero-order valence-electron chi connectivity index (χ0n) is 19.7. The number of nitrogens with one attached hydrogen (secondary N) is 2. The maximum atomic E-state index is 14.2. The van der Waals surface area contributed by atoms with E-state index in [1.165, 1.54) is 19.1 Å². The highest BCUT2D eigenvalue weighted by atomic mass is 19.1. The molecule has 1 aromatic heterocycles. The molecule has 34 heavy (non-hydrogen) atoms. The first-order valence-corrected chi connectivity index (χ1v) is 12.1. The SMILES string of the molecule is CC(=O)Nc1c2n(c3ccc(F)cc13)C[C@](C)(C(=O)NC1CCCC1)N(C[C@H]1CCCO1)C2=O. The van der Waals surface area contributed by atoms with Gasteiger partial charge in [0, 0.05) is 31.5 Å². The summed E-state index contributed by atoms with van der Waals surface area (Å²) in [4.78, 5) is 41.3. The molecule has 5 rings (SSSR count). The average molecular weight is 471 g/mol.